The lowest BCUT2D eigenvalue weighted by Crippen LogP contribution is -2.46. The summed E-state index contributed by atoms with van der Waals surface area (Å²) in [5.41, 5.74) is 5.36. The van der Waals surface area contributed by atoms with Gasteiger partial charge in [0.25, 0.3) is 0 Å². The summed E-state index contributed by atoms with van der Waals surface area (Å²) in [4.78, 5) is 12.3. The van der Waals surface area contributed by atoms with Gasteiger partial charge < -0.3 is 15.0 Å². The van der Waals surface area contributed by atoms with Gasteiger partial charge in [0.2, 0.25) is 0 Å². The van der Waals surface area contributed by atoms with Crippen LogP contribution in [0.4, 0.5) is 27.3 Å². The van der Waals surface area contributed by atoms with E-state index in [0.29, 0.717) is 35.4 Å². The third kappa shape index (κ3) is 4.15. The van der Waals surface area contributed by atoms with Gasteiger partial charge >= 0.3 is 0 Å². The molecule has 1 N–H and O–H groups in total. The molecule has 7 nitrogen and oxygen atoms in total. The number of hydrogen-bond donors (Lipinski definition) is 1. The fourth-order valence-electron chi connectivity index (χ4n) is 5.52. The van der Waals surface area contributed by atoms with Crippen LogP contribution in [0.15, 0.2) is 113 Å². The number of rotatable bonds is 5. The number of amidine groups is 2. The van der Waals surface area contributed by atoms with E-state index in [1.165, 1.54) is 6.07 Å². The summed E-state index contributed by atoms with van der Waals surface area (Å²) < 4.78 is 23.4. The van der Waals surface area contributed by atoms with Crippen molar-refractivity contribution < 1.29 is 9.13 Å². The number of ether oxygens (including phenoxy) is 1. The van der Waals surface area contributed by atoms with E-state index < -0.39 is 6.04 Å². The third-order valence-corrected chi connectivity index (χ3v) is 7.28. The van der Waals surface area contributed by atoms with Crippen LogP contribution in [-0.4, -0.2) is 28.1 Å². The van der Waals surface area contributed by atoms with Gasteiger partial charge in [0.05, 0.1) is 41.1 Å². The van der Waals surface area contributed by atoms with Crippen LogP contribution < -0.4 is 15.0 Å². The van der Waals surface area contributed by atoms with Crippen LogP contribution >= 0.6 is 0 Å². The molecule has 8 heteroatoms. The van der Waals surface area contributed by atoms with Crippen molar-refractivity contribution in [1.29, 1.82) is 0 Å². The van der Waals surface area contributed by atoms with Gasteiger partial charge in [0, 0.05) is 11.1 Å². The first-order valence-corrected chi connectivity index (χ1v) is 13.6. The first-order valence-electron chi connectivity index (χ1n) is 13.6. The number of halogens is 1. The molecule has 0 saturated heterocycles. The Kier molecular flexibility index (Phi) is 6.08. The summed E-state index contributed by atoms with van der Waals surface area (Å²) in [6.07, 6.45) is 0. The zero-order valence-electron chi connectivity index (χ0n) is 22.6. The Labute approximate surface area is 237 Å². The molecule has 0 bridgehead atoms. The van der Waals surface area contributed by atoms with Crippen molar-refractivity contribution in [2.75, 3.05) is 16.8 Å². The summed E-state index contributed by atoms with van der Waals surface area (Å²) in [5, 5.41) is 8.40. The zero-order valence-corrected chi connectivity index (χ0v) is 22.6. The normalized spacial score (nSPS) is 15.3. The first-order chi connectivity index (χ1) is 20.1. The molecule has 0 spiro atoms. The van der Waals surface area contributed by atoms with Crippen molar-refractivity contribution in [3.8, 4) is 11.4 Å². The highest BCUT2D eigenvalue weighted by Crippen LogP contribution is 2.48. The molecule has 0 amide bonds. The minimum absolute atomic E-state index is 0.298. The van der Waals surface area contributed by atoms with E-state index in [0.717, 1.165) is 34.0 Å². The topological polar surface area (TPSA) is 67.0 Å². The molecule has 0 fully saturated rings. The molecule has 202 valence electrons. The molecule has 0 radical (unpaired) electrons. The molecule has 2 aliphatic heterocycles. The molecule has 1 aromatic heterocycles. The van der Waals surface area contributed by atoms with Crippen molar-refractivity contribution >= 4 is 34.6 Å². The van der Waals surface area contributed by atoms with Gasteiger partial charge in [-0.25, -0.2) is 19.1 Å². The lowest BCUT2D eigenvalue weighted by molar-refractivity contribution is 0.342. The van der Waals surface area contributed by atoms with Gasteiger partial charge in [0.1, 0.15) is 11.6 Å². The number of para-hydroxylation sites is 5. The van der Waals surface area contributed by atoms with Gasteiger partial charge in [-0.2, -0.15) is 5.10 Å². The molecular formula is C33H27FN6O. The molecule has 1 atom stereocenters. The van der Waals surface area contributed by atoms with E-state index >= 15 is 4.39 Å². The molecule has 5 aromatic rings. The number of aromatic nitrogens is 2. The number of nitrogens with zero attached hydrogens (tertiary/aromatic N) is 5. The Balaban J connectivity index is 1.50. The summed E-state index contributed by atoms with van der Waals surface area (Å²) in [5.74, 6) is 2.14. The summed E-state index contributed by atoms with van der Waals surface area (Å²) >= 11 is 0. The Morgan fingerprint density at radius 3 is 2.41 bits per heavy atom. The van der Waals surface area contributed by atoms with Crippen LogP contribution in [0, 0.1) is 12.7 Å². The maximum Gasteiger partial charge on any atom is 0.179 e. The molecule has 2 aliphatic rings. The molecule has 0 aliphatic carbocycles. The number of hydrogen-bond acceptors (Lipinski definition) is 6. The number of benzene rings is 4. The standard InChI is InChI=1S/C33H27FN6O/c1-3-41-28-20-12-10-18-26(28)36-31-33-37-32-29(21(2)38-40(32)22-13-5-4-6-14-22)30(23-15-7-8-16-24(23)34)39(33)27-19-11-9-17-25(27)35-31/h4-20,30H,3H2,1-2H3,(H,35,36). The largest absolute Gasteiger partial charge is 0.492 e. The SMILES string of the molecule is CCOc1ccccc1NC1=Nc2ccccc2N2C1=Nc1c(c(C)nn1-c1ccccc1)C2c1ccccc1F. The Morgan fingerprint density at radius 2 is 1.59 bits per heavy atom. The molecule has 3 heterocycles. The predicted octanol–water partition coefficient (Wildman–Crippen LogP) is 7.51. The smallest absolute Gasteiger partial charge is 0.179 e. The quantitative estimate of drug-likeness (QED) is 0.250. The fourth-order valence-corrected chi connectivity index (χ4v) is 5.52. The second-order valence-corrected chi connectivity index (χ2v) is 9.80. The van der Waals surface area contributed by atoms with E-state index in [2.05, 4.69) is 10.2 Å². The van der Waals surface area contributed by atoms with Crippen LogP contribution in [0.3, 0.4) is 0 Å². The minimum Gasteiger partial charge on any atom is -0.492 e. The van der Waals surface area contributed by atoms with Gasteiger partial charge in [-0.15, -0.1) is 0 Å². The van der Waals surface area contributed by atoms with E-state index in [1.807, 2.05) is 110 Å². The van der Waals surface area contributed by atoms with E-state index in [1.54, 1.807) is 6.07 Å². The zero-order chi connectivity index (χ0) is 27.9. The molecule has 41 heavy (non-hydrogen) atoms. The molecule has 0 saturated carbocycles. The van der Waals surface area contributed by atoms with Gasteiger partial charge in [0.15, 0.2) is 17.5 Å². The fraction of sp³-hybridized carbons (Fsp3) is 0.121. The average molecular weight is 543 g/mol. The van der Waals surface area contributed by atoms with Crippen LogP contribution in [0.25, 0.3) is 5.69 Å². The summed E-state index contributed by atoms with van der Waals surface area (Å²) in [6.45, 7) is 4.43. The monoisotopic (exact) mass is 542 g/mol. The molecular weight excluding hydrogens is 515 g/mol. The van der Waals surface area contributed by atoms with Crippen molar-refractivity contribution in [3.63, 3.8) is 0 Å². The highest BCUT2D eigenvalue weighted by molar-refractivity contribution is 6.51. The number of anilines is 2. The highest BCUT2D eigenvalue weighted by Gasteiger charge is 2.42. The van der Waals surface area contributed by atoms with Crippen LogP contribution in [0.1, 0.15) is 29.8 Å². The van der Waals surface area contributed by atoms with E-state index in [9.17, 15) is 0 Å². The number of nitrogens with one attached hydrogen (secondary N) is 1. The number of aryl methyl sites for hydroxylation is 1. The maximum atomic E-state index is 15.7. The van der Waals surface area contributed by atoms with Gasteiger partial charge in [-0.3, -0.25) is 0 Å². The number of fused-ring (bicyclic) bond motifs is 4. The van der Waals surface area contributed by atoms with Crippen LogP contribution in [0.5, 0.6) is 5.75 Å². The van der Waals surface area contributed by atoms with E-state index in [-0.39, 0.29) is 5.82 Å². The van der Waals surface area contributed by atoms with Crippen molar-refractivity contribution in [2.24, 2.45) is 9.98 Å². The van der Waals surface area contributed by atoms with Crippen molar-refractivity contribution in [2.45, 2.75) is 19.9 Å². The van der Waals surface area contributed by atoms with E-state index in [4.69, 9.17) is 19.8 Å². The van der Waals surface area contributed by atoms with Gasteiger partial charge in [-0.1, -0.05) is 60.7 Å². The maximum absolute atomic E-state index is 15.7. The van der Waals surface area contributed by atoms with Crippen molar-refractivity contribution in [3.05, 3.63) is 126 Å². The summed E-state index contributed by atoms with van der Waals surface area (Å²) in [6, 6.07) is 31.8. The second kappa shape index (κ2) is 10.1. The Morgan fingerprint density at radius 1 is 0.854 bits per heavy atom. The Hall–Kier alpha value is -5.24. The molecule has 7 rings (SSSR count). The van der Waals surface area contributed by atoms with Gasteiger partial charge in [-0.05, 0) is 56.3 Å². The summed E-state index contributed by atoms with van der Waals surface area (Å²) in [7, 11) is 0. The average Bonchev–Trinajstić information content (AvgIpc) is 3.34. The molecule has 4 aromatic carbocycles. The first kappa shape index (κ1) is 24.8. The lowest BCUT2D eigenvalue weighted by atomic mass is 9.93. The second-order valence-electron chi connectivity index (χ2n) is 9.80. The Bertz CT molecular complexity index is 1830. The minimum atomic E-state index is -0.535. The van der Waals surface area contributed by atoms with Crippen LogP contribution in [-0.2, 0) is 0 Å². The van der Waals surface area contributed by atoms with Crippen LogP contribution in [0.2, 0.25) is 0 Å². The molecule has 1 unspecified atom stereocenters. The third-order valence-electron chi connectivity index (χ3n) is 7.28. The highest BCUT2D eigenvalue weighted by atomic mass is 19.1. The predicted molar refractivity (Wildman–Crippen MR) is 161 cm³/mol. The lowest BCUT2D eigenvalue weighted by Gasteiger charge is -2.40. The van der Waals surface area contributed by atoms with Crippen molar-refractivity contribution in [1.82, 2.24) is 9.78 Å². The number of aliphatic imine (C=N–C) groups is 2.